The Balaban J connectivity index is 1.40. The minimum Gasteiger partial charge on any atom is -0.336 e. The SMILES string of the molecule is Cc1nc(C)c(CN2CCC[C@]3(C2)CN(Cc2cncs2)C3=O)s1. The zero-order valence-electron chi connectivity index (χ0n) is 14.1. The summed E-state index contributed by atoms with van der Waals surface area (Å²) in [5, 5.41) is 1.13. The first-order valence-corrected chi connectivity index (χ1v) is 10.1. The van der Waals surface area contributed by atoms with Gasteiger partial charge in [0.05, 0.1) is 28.2 Å². The van der Waals surface area contributed by atoms with Crippen molar-refractivity contribution in [3.8, 4) is 0 Å². The molecule has 4 heterocycles. The second-order valence-corrected chi connectivity index (χ2v) is 9.22. The van der Waals surface area contributed by atoms with Gasteiger partial charge < -0.3 is 4.90 Å². The topological polar surface area (TPSA) is 49.3 Å². The maximum Gasteiger partial charge on any atom is 0.232 e. The molecule has 0 aromatic carbocycles. The van der Waals surface area contributed by atoms with Gasteiger partial charge in [0.25, 0.3) is 0 Å². The summed E-state index contributed by atoms with van der Waals surface area (Å²) in [7, 11) is 0. The number of carbonyl (C=O) groups excluding carboxylic acids is 1. The Bertz CT molecular complexity index is 742. The molecule has 0 unspecified atom stereocenters. The number of aryl methyl sites for hydroxylation is 2. The number of thiazole rings is 2. The monoisotopic (exact) mass is 362 g/mol. The van der Waals surface area contributed by atoms with Gasteiger partial charge in [-0.2, -0.15) is 0 Å². The van der Waals surface area contributed by atoms with Gasteiger partial charge in [-0.25, -0.2) is 4.98 Å². The fourth-order valence-corrected chi connectivity index (χ4v) is 5.56. The Morgan fingerprint density at radius 1 is 1.29 bits per heavy atom. The molecule has 2 aliphatic rings. The van der Waals surface area contributed by atoms with E-state index in [1.807, 2.05) is 16.6 Å². The van der Waals surface area contributed by atoms with Crippen LogP contribution in [0, 0.1) is 19.3 Å². The van der Waals surface area contributed by atoms with Gasteiger partial charge in [0.15, 0.2) is 0 Å². The van der Waals surface area contributed by atoms with Gasteiger partial charge in [0.2, 0.25) is 5.91 Å². The fraction of sp³-hybridized carbons (Fsp3) is 0.588. The van der Waals surface area contributed by atoms with Crippen LogP contribution < -0.4 is 0 Å². The second-order valence-electron chi connectivity index (χ2n) is 6.96. The van der Waals surface area contributed by atoms with Gasteiger partial charge in [-0.05, 0) is 33.2 Å². The summed E-state index contributed by atoms with van der Waals surface area (Å²) in [5.74, 6) is 0.331. The first-order valence-electron chi connectivity index (χ1n) is 8.38. The summed E-state index contributed by atoms with van der Waals surface area (Å²) in [6.45, 7) is 8.66. The van der Waals surface area contributed by atoms with Gasteiger partial charge >= 0.3 is 0 Å². The van der Waals surface area contributed by atoms with Crippen LogP contribution in [0.1, 0.15) is 33.3 Å². The molecule has 0 N–H and O–H groups in total. The third-order valence-corrected chi connectivity index (χ3v) is 6.91. The Kier molecular flexibility index (Phi) is 4.18. The molecule has 4 rings (SSSR count). The molecule has 0 radical (unpaired) electrons. The summed E-state index contributed by atoms with van der Waals surface area (Å²) >= 11 is 3.41. The van der Waals surface area contributed by atoms with Crippen molar-refractivity contribution in [2.45, 2.75) is 39.8 Å². The van der Waals surface area contributed by atoms with E-state index in [1.165, 1.54) is 9.75 Å². The molecule has 128 valence electrons. The minimum atomic E-state index is -0.142. The Hall–Kier alpha value is -1.31. The maximum atomic E-state index is 12.8. The molecule has 2 aliphatic heterocycles. The number of rotatable bonds is 4. The largest absolute Gasteiger partial charge is 0.336 e. The van der Waals surface area contributed by atoms with Crippen molar-refractivity contribution < 1.29 is 4.79 Å². The van der Waals surface area contributed by atoms with Gasteiger partial charge in [0.1, 0.15) is 0 Å². The van der Waals surface area contributed by atoms with Crippen LogP contribution in [-0.2, 0) is 17.9 Å². The fourth-order valence-electron chi connectivity index (χ4n) is 3.97. The number of piperidine rings is 1. The van der Waals surface area contributed by atoms with Gasteiger partial charge in [-0.3, -0.25) is 14.7 Å². The van der Waals surface area contributed by atoms with Crippen molar-refractivity contribution in [1.82, 2.24) is 19.8 Å². The highest BCUT2D eigenvalue weighted by Gasteiger charge is 2.53. The molecule has 2 saturated heterocycles. The van der Waals surface area contributed by atoms with Crippen LogP contribution in [0.15, 0.2) is 11.7 Å². The molecule has 5 nitrogen and oxygen atoms in total. The normalized spacial score (nSPS) is 24.6. The van der Waals surface area contributed by atoms with E-state index in [0.29, 0.717) is 5.91 Å². The first kappa shape index (κ1) is 16.2. The Morgan fingerprint density at radius 3 is 2.83 bits per heavy atom. The third-order valence-electron chi connectivity index (χ3n) is 5.09. The number of carbonyl (C=O) groups is 1. The van der Waals surface area contributed by atoms with E-state index in [-0.39, 0.29) is 5.41 Å². The van der Waals surface area contributed by atoms with Crippen molar-refractivity contribution in [2.75, 3.05) is 19.6 Å². The summed E-state index contributed by atoms with van der Waals surface area (Å²) in [4.78, 5) is 28.4. The van der Waals surface area contributed by atoms with E-state index in [0.717, 1.165) is 56.3 Å². The second kappa shape index (κ2) is 6.20. The van der Waals surface area contributed by atoms with Crippen molar-refractivity contribution in [3.63, 3.8) is 0 Å². The summed E-state index contributed by atoms with van der Waals surface area (Å²) in [6.07, 6.45) is 4.00. The smallest absolute Gasteiger partial charge is 0.232 e. The zero-order chi connectivity index (χ0) is 16.7. The lowest BCUT2D eigenvalue weighted by Gasteiger charge is -2.53. The highest BCUT2D eigenvalue weighted by molar-refractivity contribution is 7.11. The lowest BCUT2D eigenvalue weighted by Crippen LogP contribution is -2.66. The maximum absolute atomic E-state index is 12.8. The molecule has 2 fully saturated rings. The van der Waals surface area contributed by atoms with Crippen LogP contribution >= 0.6 is 22.7 Å². The molecular weight excluding hydrogens is 340 g/mol. The lowest BCUT2D eigenvalue weighted by molar-refractivity contribution is -0.167. The van der Waals surface area contributed by atoms with E-state index in [4.69, 9.17) is 0 Å². The molecule has 1 amide bonds. The zero-order valence-corrected chi connectivity index (χ0v) is 15.8. The molecule has 7 heteroatoms. The van der Waals surface area contributed by atoms with Crippen molar-refractivity contribution in [2.24, 2.45) is 5.41 Å². The van der Waals surface area contributed by atoms with Crippen LogP contribution in [0.3, 0.4) is 0 Å². The summed E-state index contributed by atoms with van der Waals surface area (Å²) in [5.41, 5.74) is 2.83. The molecular formula is C17H22N4OS2. The highest BCUT2D eigenvalue weighted by Crippen LogP contribution is 2.41. The Morgan fingerprint density at radius 2 is 2.17 bits per heavy atom. The summed E-state index contributed by atoms with van der Waals surface area (Å²) in [6, 6.07) is 0. The lowest BCUT2D eigenvalue weighted by atomic mass is 9.72. The Labute approximate surface area is 150 Å². The molecule has 24 heavy (non-hydrogen) atoms. The third kappa shape index (κ3) is 2.89. The van der Waals surface area contributed by atoms with E-state index in [2.05, 4.69) is 28.7 Å². The molecule has 0 bridgehead atoms. The molecule has 2 aromatic rings. The minimum absolute atomic E-state index is 0.142. The van der Waals surface area contributed by atoms with E-state index in [1.54, 1.807) is 22.7 Å². The first-order chi connectivity index (χ1) is 11.6. The van der Waals surface area contributed by atoms with E-state index >= 15 is 0 Å². The number of β-lactam (4-membered cyclic amide) rings is 1. The van der Waals surface area contributed by atoms with Crippen molar-refractivity contribution in [1.29, 1.82) is 0 Å². The number of hydrogen-bond acceptors (Lipinski definition) is 6. The number of hydrogen-bond donors (Lipinski definition) is 0. The quantitative estimate of drug-likeness (QED) is 0.785. The van der Waals surface area contributed by atoms with Gasteiger partial charge in [-0.15, -0.1) is 22.7 Å². The van der Waals surface area contributed by atoms with Crippen LogP contribution in [0.4, 0.5) is 0 Å². The molecule has 0 saturated carbocycles. The average molecular weight is 363 g/mol. The van der Waals surface area contributed by atoms with E-state index in [9.17, 15) is 4.79 Å². The van der Waals surface area contributed by atoms with Crippen LogP contribution in [0.5, 0.6) is 0 Å². The average Bonchev–Trinajstić information content (AvgIpc) is 3.17. The van der Waals surface area contributed by atoms with Crippen LogP contribution in [0.2, 0.25) is 0 Å². The van der Waals surface area contributed by atoms with Crippen molar-refractivity contribution >= 4 is 28.6 Å². The number of nitrogens with zero attached hydrogens (tertiary/aromatic N) is 4. The molecule has 1 atom stereocenters. The predicted octanol–water partition coefficient (Wildman–Crippen LogP) is 2.84. The number of likely N-dealkylation sites (tertiary alicyclic amines) is 2. The van der Waals surface area contributed by atoms with E-state index < -0.39 is 0 Å². The molecule has 2 aromatic heterocycles. The predicted molar refractivity (Wildman–Crippen MR) is 96.1 cm³/mol. The van der Waals surface area contributed by atoms with Gasteiger partial charge in [-0.1, -0.05) is 0 Å². The molecule has 1 spiro atoms. The standard InChI is InChI=1S/C17H22N4OS2/c1-12-15(24-13(2)19-12)8-20-5-3-4-17(9-20)10-21(16(17)22)7-14-6-18-11-23-14/h6,11H,3-5,7-10H2,1-2H3/t17-/m0/s1. The number of aromatic nitrogens is 2. The highest BCUT2D eigenvalue weighted by atomic mass is 32.1. The number of amides is 1. The summed E-state index contributed by atoms with van der Waals surface area (Å²) < 4.78 is 0. The van der Waals surface area contributed by atoms with Crippen LogP contribution in [-0.4, -0.2) is 45.3 Å². The van der Waals surface area contributed by atoms with Gasteiger partial charge in [0, 0.05) is 35.6 Å². The molecule has 0 aliphatic carbocycles. The van der Waals surface area contributed by atoms with Crippen molar-refractivity contribution in [3.05, 3.63) is 32.2 Å². The van der Waals surface area contributed by atoms with Crippen LogP contribution in [0.25, 0.3) is 0 Å².